The number of benzene rings is 1. The maximum Gasteiger partial charge on any atom is 0.237 e. The molecule has 0 fully saturated rings. The molecule has 4 heteroatoms. The van der Waals surface area contributed by atoms with E-state index in [0.29, 0.717) is 6.42 Å². The summed E-state index contributed by atoms with van der Waals surface area (Å²) in [5, 5.41) is 0. The zero-order valence-electron chi connectivity index (χ0n) is 13.0. The Bertz CT molecular complexity index is 485. The molecule has 0 aromatic heterocycles. The van der Waals surface area contributed by atoms with Crippen LogP contribution in [0.1, 0.15) is 43.7 Å². The van der Waals surface area contributed by atoms with E-state index in [1.165, 1.54) is 24.0 Å². The Morgan fingerprint density at radius 2 is 2.00 bits per heavy atom. The second-order valence-corrected chi connectivity index (χ2v) is 6.39. The molecular weight excluding hydrogens is 262 g/mol. The number of carbonyl (C=O) groups excluding carboxylic acids is 1. The number of rotatable bonds is 6. The predicted octanol–water partition coefficient (Wildman–Crippen LogP) is 1.81. The zero-order chi connectivity index (χ0) is 15.3. The molecule has 21 heavy (non-hydrogen) atoms. The van der Waals surface area contributed by atoms with Gasteiger partial charge >= 0.3 is 0 Å². The standard InChI is InChI=1S/C17H27N3O/c1-17(19,16(18)21)10-4-5-11-20-12-6-9-14-7-2-3-8-15(14)13-20/h2-3,7-8H,4-6,9-13,19H2,1H3,(H2,18,21). The third-order valence-electron chi connectivity index (χ3n) is 4.42. The van der Waals surface area contributed by atoms with Crippen LogP contribution in [-0.4, -0.2) is 29.4 Å². The van der Waals surface area contributed by atoms with Gasteiger partial charge in [0, 0.05) is 6.54 Å². The van der Waals surface area contributed by atoms with E-state index < -0.39 is 11.4 Å². The molecule has 1 unspecified atom stereocenters. The lowest BCUT2D eigenvalue weighted by atomic mass is 9.95. The molecule has 1 amide bonds. The summed E-state index contributed by atoms with van der Waals surface area (Å²) in [4.78, 5) is 13.7. The number of primary amides is 1. The van der Waals surface area contributed by atoms with E-state index in [1.54, 1.807) is 6.92 Å². The molecule has 4 nitrogen and oxygen atoms in total. The van der Waals surface area contributed by atoms with Crippen LogP contribution in [-0.2, 0) is 17.8 Å². The molecule has 116 valence electrons. The second-order valence-electron chi connectivity index (χ2n) is 6.39. The first kappa shape index (κ1) is 16.0. The van der Waals surface area contributed by atoms with Crippen molar-refractivity contribution in [3.05, 3.63) is 35.4 Å². The van der Waals surface area contributed by atoms with Gasteiger partial charge in [0.15, 0.2) is 0 Å². The summed E-state index contributed by atoms with van der Waals surface area (Å²) >= 11 is 0. The minimum absolute atomic E-state index is 0.411. The molecule has 0 spiro atoms. The van der Waals surface area contributed by atoms with Crippen LogP contribution >= 0.6 is 0 Å². The normalized spacial score (nSPS) is 18.6. The molecule has 1 atom stereocenters. The van der Waals surface area contributed by atoms with Crippen LogP contribution in [0.2, 0.25) is 0 Å². The number of fused-ring (bicyclic) bond motifs is 1. The predicted molar refractivity (Wildman–Crippen MR) is 85.7 cm³/mol. The Morgan fingerprint density at radius 1 is 1.29 bits per heavy atom. The molecule has 0 radical (unpaired) electrons. The maximum absolute atomic E-state index is 11.2. The largest absolute Gasteiger partial charge is 0.368 e. The number of aryl methyl sites for hydroxylation is 1. The molecule has 0 aliphatic carbocycles. The van der Waals surface area contributed by atoms with Gasteiger partial charge in [-0.05, 0) is 63.2 Å². The van der Waals surface area contributed by atoms with E-state index in [1.807, 2.05) is 0 Å². The minimum atomic E-state index is -0.870. The third kappa shape index (κ3) is 4.55. The van der Waals surface area contributed by atoms with Gasteiger partial charge in [0.2, 0.25) is 5.91 Å². The number of nitrogens with zero attached hydrogens (tertiary/aromatic N) is 1. The third-order valence-corrected chi connectivity index (χ3v) is 4.42. The average molecular weight is 289 g/mol. The molecule has 1 aromatic rings. The molecule has 2 rings (SSSR count). The summed E-state index contributed by atoms with van der Waals surface area (Å²) in [6.07, 6.45) is 5.05. The molecule has 1 aliphatic rings. The molecule has 1 aliphatic heterocycles. The van der Waals surface area contributed by atoms with E-state index in [9.17, 15) is 4.79 Å². The highest BCUT2D eigenvalue weighted by Crippen LogP contribution is 2.19. The first-order valence-electron chi connectivity index (χ1n) is 7.87. The van der Waals surface area contributed by atoms with Crippen LogP contribution in [0.3, 0.4) is 0 Å². The highest BCUT2D eigenvalue weighted by atomic mass is 16.1. The molecule has 0 saturated heterocycles. The van der Waals surface area contributed by atoms with Gasteiger partial charge in [0.25, 0.3) is 0 Å². The molecule has 1 aromatic carbocycles. The monoisotopic (exact) mass is 289 g/mol. The fraction of sp³-hybridized carbons (Fsp3) is 0.588. The first-order valence-corrected chi connectivity index (χ1v) is 7.87. The average Bonchev–Trinajstić information content (AvgIpc) is 2.65. The van der Waals surface area contributed by atoms with Crippen LogP contribution in [0.25, 0.3) is 0 Å². The van der Waals surface area contributed by atoms with E-state index in [-0.39, 0.29) is 0 Å². The van der Waals surface area contributed by atoms with Gasteiger partial charge in [-0.1, -0.05) is 24.3 Å². The highest BCUT2D eigenvalue weighted by molar-refractivity contribution is 5.83. The number of unbranched alkanes of at least 4 members (excludes halogenated alkanes) is 1. The van der Waals surface area contributed by atoms with Crippen LogP contribution in [0.15, 0.2) is 24.3 Å². The van der Waals surface area contributed by atoms with Gasteiger partial charge < -0.3 is 11.5 Å². The van der Waals surface area contributed by atoms with E-state index in [2.05, 4.69) is 29.2 Å². The Kier molecular flexibility index (Phi) is 5.37. The molecular formula is C17H27N3O. The highest BCUT2D eigenvalue weighted by Gasteiger charge is 2.24. The Balaban J connectivity index is 1.78. The van der Waals surface area contributed by atoms with Gasteiger partial charge in [0.05, 0.1) is 5.54 Å². The van der Waals surface area contributed by atoms with Crippen LogP contribution in [0, 0.1) is 0 Å². The summed E-state index contributed by atoms with van der Waals surface area (Å²) in [6, 6.07) is 8.72. The van der Waals surface area contributed by atoms with E-state index in [0.717, 1.165) is 32.5 Å². The Hall–Kier alpha value is -1.39. The van der Waals surface area contributed by atoms with Crippen molar-refractivity contribution >= 4 is 5.91 Å². The number of nitrogens with two attached hydrogens (primary N) is 2. The fourth-order valence-electron chi connectivity index (χ4n) is 2.91. The van der Waals surface area contributed by atoms with Crippen molar-refractivity contribution < 1.29 is 4.79 Å². The lowest BCUT2D eigenvalue weighted by Crippen LogP contribution is -2.49. The molecule has 1 heterocycles. The van der Waals surface area contributed by atoms with Crippen molar-refractivity contribution in [3.8, 4) is 0 Å². The molecule has 0 bridgehead atoms. The van der Waals surface area contributed by atoms with Crippen molar-refractivity contribution in [1.82, 2.24) is 4.90 Å². The second kappa shape index (κ2) is 7.05. The van der Waals surface area contributed by atoms with Crippen molar-refractivity contribution in [3.63, 3.8) is 0 Å². The van der Waals surface area contributed by atoms with Crippen LogP contribution in [0.5, 0.6) is 0 Å². The Morgan fingerprint density at radius 3 is 2.71 bits per heavy atom. The number of carbonyl (C=O) groups is 1. The van der Waals surface area contributed by atoms with Gasteiger partial charge in [0.1, 0.15) is 0 Å². The van der Waals surface area contributed by atoms with E-state index >= 15 is 0 Å². The van der Waals surface area contributed by atoms with Crippen LogP contribution < -0.4 is 11.5 Å². The van der Waals surface area contributed by atoms with Gasteiger partial charge in [-0.25, -0.2) is 0 Å². The van der Waals surface area contributed by atoms with Crippen molar-refractivity contribution in [2.45, 2.75) is 51.1 Å². The smallest absolute Gasteiger partial charge is 0.237 e. The number of hydrogen-bond donors (Lipinski definition) is 2. The lowest BCUT2D eigenvalue weighted by Gasteiger charge is -2.23. The quantitative estimate of drug-likeness (QED) is 0.784. The van der Waals surface area contributed by atoms with Crippen molar-refractivity contribution in [2.24, 2.45) is 11.5 Å². The van der Waals surface area contributed by atoms with Gasteiger partial charge in [-0.15, -0.1) is 0 Å². The maximum atomic E-state index is 11.2. The van der Waals surface area contributed by atoms with Crippen molar-refractivity contribution in [2.75, 3.05) is 13.1 Å². The van der Waals surface area contributed by atoms with Crippen LogP contribution in [0.4, 0.5) is 0 Å². The summed E-state index contributed by atoms with van der Waals surface area (Å²) in [5.41, 5.74) is 13.2. The van der Waals surface area contributed by atoms with Crippen molar-refractivity contribution in [1.29, 1.82) is 0 Å². The van der Waals surface area contributed by atoms with E-state index in [4.69, 9.17) is 11.5 Å². The first-order chi connectivity index (χ1) is 9.99. The number of hydrogen-bond acceptors (Lipinski definition) is 3. The number of amides is 1. The topological polar surface area (TPSA) is 72.3 Å². The lowest BCUT2D eigenvalue weighted by molar-refractivity contribution is -0.122. The zero-order valence-corrected chi connectivity index (χ0v) is 13.0. The molecule has 0 saturated carbocycles. The summed E-state index contributed by atoms with van der Waals surface area (Å²) in [5.74, 6) is -0.411. The minimum Gasteiger partial charge on any atom is -0.368 e. The SMILES string of the molecule is CC(N)(CCCCN1CCCc2ccccc2C1)C(N)=O. The Labute approximate surface area is 127 Å². The van der Waals surface area contributed by atoms with Gasteiger partial charge in [-0.2, -0.15) is 0 Å². The van der Waals surface area contributed by atoms with Gasteiger partial charge in [-0.3, -0.25) is 9.69 Å². The molecule has 4 N–H and O–H groups in total. The summed E-state index contributed by atoms with van der Waals surface area (Å²) in [6.45, 7) is 4.96. The summed E-state index contributed by atoms with van der Waals surface area (Å²) in [7, 11) is 0. The fourth-order valence-corrected chi connectivity index (χ4v) is 2.91. The summed E-state index contributed by atoms with van der Waals surface area (Å²) < 4.78 is 0.